The largest absolute Gasteiger partial charge is 0.454 e. The molecule has 1 aromatic carbocycles. The van der Waals surface area contributed by atoms with Crippen LogP contribution in [0.3, 0.4) is 0 Å². The number of hydrogen-bond donors (Lipinski definition) is 3. The SMILES string of the molecule is OC1CCC2(O)N3CCC2(c2cc4c(cc2C3)OCO4)C1O. The average molecular weight is 305 g/mol. The Labute approximate surface area is 127 Å². The fraction of sp³-hybridized carbons (Fsp3) is 0.625. The summed E-state index contributed by atoms with van der Waals surface area (Å²) in [6.07, 6.45) is -0.268. The quantitative estimate of drug-likeness (QED) is 0.629. The van der Waals surface area contributed by atoms with Crippen molar-refractivity contribution >= 4 is 0 Å². The number of rotatable bonds is 0. The summed E-state index contributed by atoms with van der Waals surface area (Å²) in [4.78, 5) is 2.03. The molecule has 0 radical (unpaired) electrons. The first-order valence-corrected chi connectivity index (χ1v) is 7.83. The molecule has 1 saturated heterocycles. The Hall–Kier alpha value is -1.34. The molecule has 5 unspecified atom stereocenters. The summed E-state index contributed by atoms with van der Waals surface area (Å²) < 4.78 is 10.9. The zero-order valence-electron chi connectivity index (χ0n) is 12.2. The molecule has 2 fully saturated rings. The van der Waals surface area contributed by atoms with Crippen molar-refractivity contribution in [2.45, 2.75) is 49.2 Å². The highest BCUT2D eigenvalue weighted by Gasteiger charge is 2.68. The third-order valence-electron chi connectivity index (χ3n) is 6.11. The fourth-order valence-electron chi connectivity index (χ4n) is 5.04. The predicted octanol–water partition coefficient (Wildman–Crippen LogP) is 0.0766. The fourth-order valence-corrected chi connectivity index (χ4v) is 5.04. The van der Waals surface area contributed by atoms with Crippen molar-refractivity contribution in [1.82, 2.24) is 4.90 Å². The van der Waals surface area contributed by atoms with Crippen LogP contribution in [-0.4, -0.2) is 51.5 Å². The molecule has 22 heavy (non-hydrogen) atoms. The van der Waals surface area contributed by atoms with Gasteiger partial charge >= 0.3 is 0 Å². The molecule has 1 saturated carbocycles. The lowest BCUT2D eigenvalue weighted by molar-refractivity contribution is -0.214. The van der Waals surface area contributed by atoms with Gasteiger partial charge < -0.3 is 24.8 Å². The minimum Gasteiger partial charge on any atom is -0.454 e. The van der Waals surface area contributed by atoms with Crippen LogP contribution in [-0.2, 0) is 12.0 Å². The monoisotopic (exact) mass is 305 g/mol. The zero-order chi connectivity index (χ0) is 15.1. The van der Waals surface area contributed by atoms with Gasteiger partial charge in [-0.05, 0) is 42.5 Å². The summed E-state index contributed by atoms with van der Waals surface area (Å²) in [5.41, 5.74) is 0.00444. The molecule has 5 atom stereocenters. The number of hydrogen-bond acceptors (Lipinski definition) is 6. The van der Waals surface area contributed by atoms with E-state index in [0.717, 1.165) is 11.1 Å². The molecular weight excluding hydrogens is 286 g/mol. The molecule has 118 valence electrons. The van der Waals surface area contributed by atoms with Gasteiger partial charge in [0.05, 0.1) is 17.6 Å². The van der Waals surface area contributed by atoms with E-state index < -0.39 is 23.3 Å². The summed E-state index contributed by atoms with van der Waals surface area (Å²) in [7, 11) is 0. The van der Waals surface area contributed by atoms with E-state index in [9.17, 15) is 15.3 Å². The number of aliphatic hydroxyl groups is 3. The van der Waals surface area contributed by atoms with Crippen LogP contribution in [0.5, 0.6) is 11.5 Å². The molecule has 3 heterocycles. The molecule has 6 nitrogen and oxygen atoms in total. The van der Waals surface area contributed by atoms with E-state index in [0.29, 0.717) is 43.9 Å². The standard InChI is InChI=1S/C16H19NO5/c18-11-1-2-16(20)15(14(11)19)3-4-17(16)7-9-5-12-13(6-10(9)15)22-8-21-12/h5-6,11,14,18-20H,1-4,7-8H2. The summed E-state index contributed by atoms with van der Waals surface area (Å²) >= 11 is 0. The zero-order valence-corrected chi connectivity index (χ0v) is 12.2. The van der Waals surface area contributed by atoms with E-state index in [1.54, 1.807) is 0 Å². The van der Waals surface area contributed by atoms with Gasteiger partial charge in [-0.25, -0.2) is 0 Å². The van der Waals surface area contributed by atoms with Crippen molar-refractivity contribution in [2.24, 2.45) is 0 Å². The summed E-state index contributed by atoms with van der Waals surface area (Å²) in [5.74, 6) is 1.37. The van der Waals surface area contributed by atoms with Crippen molar-refractivity contribution in [3.8, 4) is 11.5 Å². The van der Waals surface area contributed by atoms with E-state index in [1.807, 2.05) is 17.0 Å². The third-order valence-corrected chi connectivity index (χ3v) is 6.11. The third kappa shape index (κ3) is 1.27. The lowest BCUT2D eigenvalue weighted by atomic mass is 9.59. The number of fused-ring (bicyclic) bond motifs is 2. The van der Waals surface area contributed by atoms with Gasteiger partial charge in [-0.2, -0.15) is 0 Å². The smallest absolute Gasteiger partial charge is 0.231 e. The van der Waals surface area contributed by atoms with E-state index in [-0.39, 0.29) is 6.79 Å². The van der Waals surface area contributed by atoms with Crippen LogP contribution in [0.1, 0.15) is 30.4 Å². The second kappa shape index (κ2) is 3.94. The van der Waals surface area contributed by atoms with Crippen molar-refractivity contribution in [3.63, 3.8) is 0 Å². The van der Waals surface area contributed by atoms with Gasteiger partial charge in [0, 0.05) is 13.1 Å². The van der Waals surface area contributed by atoms with Gasteiger partial charge in [0.1, 0.15) is 5.72 Å². The summed E-state index contributed by atoms with van der Waals surface area (Å²) in [6.45, 7) is 1.54. The summed E-state index contributed by atoms with van der Waals surface area (Å²) in [6, 6.07) is 3.84. The van der Waals surface area contributed by atoms with Gasteiger partial charge in [0.25, 0.3) is 0 Å². The van der Waals surface area contributed by atoms with Crippen LogP contribution in [0.15, 0.2) is 12.1 Å². The van der Waals surface area contributed by atoms with Crippen LogP contribution >= 0.6 is 0 Å². The lowest BCUT2D eigenvalue weighted by Crippen LogP contribution is -2.68. The molecular formula is C16H19NO5. The second-order valence-corrected chi connectivity index (χ2v) is 6.87. The Morgan fingerprint density at radius 1 is 1.14 bits per heavy atom. The Kier molecular flexibility index (Phi) is 2.35. The van der Waals surface area contributed by atoms with Crippen LogP contribution in [0.4, 0.5) is 0 Å². The first kappa shape index (κ1) is 13.1. The molecule has 3 N–H and O–H groups in total. The van der Waals surface area contributed by atoms with Crippen LogP contribution in [0.2, 0.25) is 0 Å². The van der Waals surface area contributed by atoms with Crippen molar-refractivity contribution in [1.29, 1.82) is 0 Å². The highest BCUT2D eigenvalue weighted by Crippen LogP contribution is 2.59. The first-order chi connectivity index (χ1) is 10.6. The van der Waals surface area contributed by atoms with E-state index in [1.165, 1.54) is 0 Å². The number of aliphatic hydroxyl groups excluding tert-OH is 2. The van der Waals surface area contributed by atoms with Crippen LogP contribution in [0, 0.1) is 0 Å². The number of ether oxygens (including phenoxy) is 2. The number of nitrogens with zero attached hydrogens (tertiary/aromatic N) is 1. The maximum Gasteiger partial charge on any atom is 0.231 e. The Morgan fingerprint density at radius 3 is 2.73 bits per heavy atom. The minimum atomic E-state index is -1.09. The van der Waals surface area contributed by atoms with Gasteiger partial charge in [0.2, 0.25) is 6.79 Å². The topological polar surface area (TPSA) is 82.4 Å². The van der Waals surface area contributed by atoms with Crippen molar-refractivity contribution in [3.05, 3.63) is 23.3 Å². The molecule has 1 aromatic rings. The Morgan fingerprint density at radius 2 is 1.91 bits per heavy atom. The van der Waals surface area contributed by atoms with Crippen LogP contribution < -0.4 is 9.47 Å². The molecule has 0 aromatic heterocycles. The second-order valence-electron chi connectivity index (χ2n) is 6.87. The maximum absolute atomic E-state index is 11.3. The molecule has 1 aliphatic carbocycles. The average Bonchev–Trinajstić information content (AvgIpc) is 3.02. The minimum absolute atomic E-state index is 0.199. The van der Waals surface area contributed by atoms with Gasteiger partial charge in [-0.1, -0.05) is 0 Å². The highest BCUT2D eigenvalue weighted by molar-refractivity contribution is 5.55. The Balaban J connectivity index is 1.77. The van der Waals surface area contributed by atoms with Crippen LogP contribution in [0.25, 0.3) is 0 Å². The molecule has 5 rings (SSSR count). The molecule has 2 bridgehead atoms. The predicted molar refractivity (Wildman–Crippen MR) is 75.5 cm³/mol. The van der Waals surface area contributed by atoms with Crippen molar-refractivity contribution < 1.29 is 24.8 Å². The summed E-state index contributed by atoms with van der Waals surface area (Å²) in [5, 5.41) is 32.4. The maximum atomic E-state index is 11.3. The number of benzene rings is 1. The van der Waals surface area contributed by atoms with E-state index >= 15 is 0 Å². The van der Waals surface area contributed by atoms with E-state index in [4.69, 9.17) is 9.47 Å². The molecule has 4 aliphatic rings. The normalized spacial score (nSPS) is 44.6. The highest BCUT2D eigenvalue weighted by atomic mass is 16.7. The first-order valence-electron chi connectivity index (χ1n) is 7.83. The van der Waals surface area contributed by atoms with Gasteiger partial charge in [-0.3, -0.25) is 4.90 Å². The molecule has 0 amide bonds. The van der Waals surface area contributed by atoms with E-state index in [2.05, 4.69) is 0 Å². The van der Waals surface area contributed by atoms with Crippen molar-refractivity contribution in [2.75, 3.05) is 13.3 Å². The van der Waals surface area contributed by atoms with Gasteiger partial charge in [0.15, 0.2) is 11.5 Å². The Bertz CT molecular complexity index is 664. The molecule has 0 spiro atoms. The molecule has 6 heteroatoms. The molecule has 3 aliphatic heterocycles. The van der Waals surface area contributed by atoms with Gasteiger partial charge in [-0.15, -0.1) is 0 Å². The lowest BCUT2D eigenvalue weighted by Gasteiger charge is -2.56.